The highest BCUT2D eigenvalue weighted by Gasteiger charge is 2.26. The Bertz CT molecular complexity index is 1860. The molecule has 0 aliphatic carbocycles. The van der Waals surface area contributed by atoms with Crippen molar-refractivity contribution in [2.45, 2.75) is 367 Å². The van der Waals surface area contributed by atoms with Crippen molar-refractivity contribution in [1.82, 2.24) is 0 Å². The van der Waals surface area contributed by atoms with Crippen molar-refractivity contribution in [2.75, 3.05) is 26.4 Å². The Morgan fingerprint density at radius 2 is 0.571 bits per heavy atom. The number of nitrogens with two attached hydrogens (primary N) is 1. The summed E-state index contributed by atoms with van der Waals surface area (Å²) in [6, 6.07) is 0. The number of carbonyl (C=O) groups is 2. The Kier molecular flexibility index (Phi) is 72.9. The molecule has 0 bridgehead atoms. The van der Waals surface area contributed by atoms with Crippen molar-refractivity contribution in [2.24, 2.45) is 5.73 Å². The molecule has 0 radical (unpaired) electrons. The second kappa shape index (κ2) is 75.7. The molecule has 0 amide bonds. The van der Waals surface area contributed by atoms with Crippen molar-refractivity contribution in [1.29, 1.82) is 0 Å². The van der Waals surface area contributed by atoms with Crippen LogP contribution in [0.1, 0.15) is 361 Å². The first-order valence-corrected chi connectivity index (χ1v) is 39.9. The fourth-order valence-corrected chi connectivity index (χ4v) is 11.8. The Morgan fingerprint density at radius 1 is 0.330 bits per heavy atom. The summed E-state index contributed by atoms with van der Waals surface area (Å²) in [5, 5.41) is 0. The van der Waals surface area contributed by atoms with E-state index in [9.17, 15) is 19.0 Å². The molecular weight excluding hydrogens is 1150 g/mol. The molecule has 0 aromatic rings. The number of unbranched alkanes of at least 4 members (excludes halogenated alkanes) is 41. The number of allylic oxidation sites excluding steroid dienone is 18. The molecule has 0 saturated carbocycles. The number of esters is 2. The van der Waals surface area contributed by atoms with Gasteiger partial charge in [0.25, 0.3) is 0 Å². The van der Waals surface area contributed by atoms with Gasteiger partial charge < -0.3 is 20.1 Å². The Morgan fingerprint density at radius 3 is 0.846 bits per heavy atom. The van der Waals surface area contributed by atoms with Crippen LogP contribution in [-0.4, -0.2) is 49.3 Å². The highest BCUT2D eigenvalue weighted by Crippen LogP contribution is 2.43. The monoisotopic (exact) mass is 1290 g/mol. The number of rotatable bonds is 72. The molecule has 0 spiro atoms. The molecule has 0 aromatic carbocycles. The molecule has 3 N–H and O–H groups in total. The summed E-state index contributed by atoms with van der Waals surface area (Å²) in [6.45, 7) is 3.57. The SMILES string of the molecule is CC/C=C\C/C=C\C/C=C\C/C=C\C/C=C\CCCCCCCCCCCCCCCCCCCCCCCCCCCC(=O)OC(COC(=O)CCCCCCCCCCCCCCCCCC/C=C\C/C=C\C/C=C\C/C=C\CC)COP(=O)(O)OCCN. The highest BCUT2D eigenvalue weighted by molar-refractivity contribution is 7.47. The van der Waals surface area contributed by atoms with Crippen molar-refractivity contribution < 1.29 is 37.6 Å². The summed E-state index contributed by atoms with van der Waals surface area (Å²) >= 11 is 0. The average molecular weight is 1290 g/mol. The van der Waals surface area contributed by atoms with Gasteiger partial charge >= 0.3 is 19.8 Å². The summed E-state index contributed by atoms with van der Waals surface area (Å²) in [5.74, 6) is -0.812. The molecule has 10 heteroatoms. The summed E-state index contributed by atoms with van der Waals surface area (Å²) in [6.07, 6.45) is 105. The third-order valence-electron chi connectivity index (χ3n) is 16.7. The van der Waals surface area contributed by atoms with Gasteiger partial charge in [0.15, 0.2) is 6.10 Å². The second-order valence-corrected chi connectivity index (χ2v) is 26.9. The topological polar surface area (TPSA) is 134 Å². The largest absolute Gasteiger partial charge is 0.472 e. The van der Waals surface area contributed by atoms with Crippen LogP contribution in [0.15, 0.2) is 109 Å². The average Bonchev–Trinajstić information content (AvgIpc) is 3.74. The van der Waals surface area contributed by atoms with Gasteiger partial charge in [-0.1, -0.05) is 361 Å². The van der Waals surface area contributed by atoms with E-state index in [1.807, 2.05) is 0 Å². The molecule has 526 valence electrons. The zero-order chi connectivity index (χ0) is 65.8. The molecule has 0 saturated heterocycles. The first kappa shape index (κ1) is 87.7. The first-order valence-electron chi connectivity index (χ1n) is 38.4. The molecule has 91 heavy (non-hydrogen) atoms. The van der Waals surface area contributed by atoms with Crippen LogP contribution in [0.3, 0.4) is 0 Å². The van der Waals surface area contributed by atoms with E-state index in [1.54, 1.807) is 0 Å². The van der Waals surface area contributed by atoms with Crippen LogP contribution in [-0.2, 0) is 32.7 Å². The minimum Gasteiger partial charge on any atom is -0.462 e. The van der Waals surface area contributed by atoms with Crippen LogP contribution in [0, 0.1) is 0 Å². The lowest BCUT2D eigenvalue weighted by atomic mass is 10.0. The number of phosphoric ester groups is 1. The standard InChI is InChI=1S/C81H144NO8P/c1-3-5-7-9-11-13-15-17-19-21-23-25-27-29-31-33-34-35-36-37-38-39-40-41-42-43-44-46-48-50-52-54-56-58-60-62-64-66-68-70-72-74-81(84)90-79(78-89-91(85,86)88-76-75-82)77-87-80(83)73-71-69-67-65-63-61-59-57-55-53-51-49-47-45-32-30-28-26-24-22-20-18-16-14-12-10-8-6-4-2/h5-8,11-14,17-20,23-26,29,31,79H,3-4,9-10,15-16,21-22,27-28,30,32-78,82H2,1-2H3,(H,85,86)/b7-5-,8-6-,13-11-,14-12-,19-17-,20-18-,25-23-,26-24-,31-29-. The molecule has 0 fully saturated rings. The van der Waals surface area contributed by atoms with Crippen LogP contribution in [0.2, 0.25) is 0 Å². The molecule has 0 aliphatic rings. The summed E-state index contributed by atoms with van der Waals surface area (Å²) in [4.78, 5) is 35.4. The fraction of sp³-hybridized carbons (Fsp3) is 0.753. The Balaban J connectivity index is 3.78. The Labute approximate surface area is 562 Å². The third-order valence-corrected chi connectivity index (χ3v) is 17.6. The van der Waals surface area contributed by atoms with Gasteiger partial charge in [-0.15, -0.1) is 0 Å². The van der Waals surface area contributed by atoms with Gasteiger partial charge in [-0.3, -0.25) is 18.6 Å². The van der Waals surface area contributed by atoms with Crippen LogP contribution >= 0.6 is 7.82 Å². The lowest BCUT2D eigenvalue weighted by Crippen LogP contribution is -2.29. The number of hydrogen-bond acceptors (Lipinski definition) is 8. The normalized spacial score (nSPS) is 13.5. The second-order valence-electron chi connectivity index (χ2n) is 25.5. The van der Waals surface area contributed by atoms with Crippen LogP contribution in [0.5, 0.6) is 0 Å². The van der Waals surface area contributed by atoms with Gasteiger partial charge in [0.1, 0.15) is 6.61 Å². The van der Waals surface area contributed by atoms with Gasteiger partial charge in [-0.25, -0.2) is 4.57 Å². The van der Waals surface area contributed by atoms with Crippen molar-refractivity contribution >= 4 is 19.8 Å². The van der Waals surface area contributed by atoms with Crippen LogP contribution in [0.25, 0.3) is 0 Å². The lowest BCUT2D eigenvalue weighted by Gasteiger charge is -2.19. The minimum absolute atomic E-state index is 0.0527. The maximum Gasteiger partial charge on any atom is 0.472 e. The van der Waals surface area contributed by atoms with E-state index in [2.05, 4.69) is 123 Å². The smallest absolute Gasteiger partial charge is 0.462 e. The fourth-order valence-electron chi connectivity index (χ4n) is 11.1. The molecule has 9 nitrogen and oxygen atoms in total. The quantitative estimate of drug-likeness (QED) is 0.0264. The van der Waals surface area contributed by atoms with Gasteiger partial charge in [0, 0.05) is 19.4 Å². The summed E-state index contributed by atoms with van der Waals surface area (Å²) < 4.78 is 33.3. The van der Waals surface area contributed by atoms with E-state index in [4.69, 9.17) is 24.3 Å². The van der Waals surface area contributed by atoms with Crippen molar-refractivity contribution in [3.05, 3.63) is 109 Å². The number of phosphoric acid groups is 1. The molecule has 2 unspecified atom stereocenters. The van der Waals surface area contributed by atoms with E-state index >= 15 is 0 Å². The summed E-state index contributed by atoms with van der Waals surface area (Å²) in [7, 11) is -4.40. The number of hydrogen-bond donors (Lipinski definition) is 2. The Hall–Kier alpha value is -3.33. The summed E-state index contributed by atoms with van der Waals surface area (Å²) in [5.41, 5.74) is 5.41. The predicted octanol–water partition coefficient (Wildman–Crippen LogP) is 25.6. The van der Waals surface area contributed by atoms with Crippen LogP contribution in [0.4, 0.5) is 0 Å². The van der Waals surface area contributed by atoms with E-state index in [0.29, 0.717) is 6.42 Å². The lowest BCUT2D eigenvalue weighted by molar-refractivity contribution is -0.161. The minimum atomic E-state index is -4.40. The van der Waals surface area contributed by atoms with Gasteiger partial charge in [-0.05, 0) is 96.3 Å². The first-order chi connectivity index (χ1) is 44.8. The highest BCUT2D eigenvalue weighted by atomic mass is 31.2. The van der Waals surface area contributed by atoms with E-state index in [1.165, 1.54) is 238 Å². The van der Waals surface area contributed by atoms with Crippen LogP contribution < -0.4 is 5.73 Å². The zero-order valence-corrected chi connectivity index (χ0v) is 60.2. The van der Waals surface area contributed by atoms with Gasteiger partial charge in [0.05, 0.1) is 13.2 Å². The van der Waals surface area contributed by atoms with Crippen molar-refractivity contribution in [3.63, 3.8) is 0 Å². The molecule has 0 rings (SSSR count). The van der Waals surface area contributed by atoms with Crippen molar-refractivity contribution in [3.8, 4) is 0 Å². The maximum absolute atomic E-state index is 12.8. The van der Waals surface area contributed by atoms with Gasteiger partial charge in [0.2, 0.25) is 0 Å². The van der Waals surface area contributed by atoms with Gasteiger partial charge in [-0.2, -0.15) is 0 Å². The number of ether oxygens (including phenoxy) is 2. The predicted molar refractivity (Wildman–Crippen MR) is 395 cm³/mol. The third kappa shape index (κ3) is 75.6. The number of carbonyl (C=O) groups excluding carboxylic acids is 2. The molecular formula is C81H144NO8P. The molecule has 0 heterocycles. The maximum atomic E-state index is 12.8. The van der Waals surface area contributed by atoms with E-state index in [-0.39, 0.29) is 38.6 Å². The zero-order valence-electron chi connectivity index (χ0n) is 59.3. The van der Waals surface area contributed by atoms with E-state index < -0.39 is 26.5 Å². The molecule has 2 atom stereocenters. The molecule has 0 aliphatic heterocycles. The van der Waals surface area contributed by atoms with E-state index in [0.717, 1.165) is 89.9 Å². The molecule has 0 aromatic heterocycles.